The molecule has 0 spiro atoms. The molecule has 1 aromatic rings. The minimum atomic E-state index is 0. The number of guanidine groups is 1. The summed E-state index contributed by atoms with van der Waals surface area (Å²) < 4.78 is 16.8. The van der Waals surface area contributed by atoms with E-state index >= 15 is 0 Å². The van der Waals surface area contributed by atoms with Crippen molar-refractivity contribution in [2.45, 2.75) is 50.7 Å². The van der Waals surface area contributed by atoms with Crippen LogP contribution >= 0.6 is 24.0 Å². The third kappa shape index (κ3) is 9.41. The van der Waals surface area contributed by atoms with Crippen molar-refractivity contribution in [2.24, 2.45) is 4.99 Å². The number of aliphatic imine (C=N–C) groups is 1. The van der Waals surface area contributed by atoms with Gasteiger partial charge in [0, 0.05) is 26.7 Å². The fourth-order valence-electron chi connectivity index (χ4n) is 3.83. The number of halogens is 1. The number of nitrogens with zero attached hydrogens (tertiary/aromatic N) is 2. The molecule has 0 aliphatic heterocycles. The molecule has 2 N–H and O–H groups in total. The minimum absolute atomic E-state index is 0. The van der Waals surface area contributed by atoms with Gasteiger partial charge < -0.3 is 29.7 Å². The van der Waals surface area contributed by atoms with Gasteiger partial charge in [0.1, 0.15) is 0 Å². The first kappa shape index (κ1) is 27.8. The number of likely N-dealkylation sites (N-methyl/N-ethyl adjacent to an activating group) is 1. The van der Waals surface area contributed by atoms with E-state index < -0.39 is 0 Å². The summed E-state index contributed by atoms with van der Waals surface area (Å²) in [5.41, 5.74) is 1.15. The van der Waals surface area contributed by atoms with Crippen molar-refractivity contribution < 1.29 is 14.2 Å². The number of ether oxygens (including phenoxy) is 3. The molecule has 31 heavy (non-hydrogen) atoms. The van der Waals surface area contributed by atoms with Crippen molar-refractivity contribution in [2.75, 3.05) is 55.1 Å². The third-order valence-corrected chi connectivity index (χ3v) is 5.62. The van der Waals surface area contributed by atoms with Gasteiger partial charge in [0.2, 0.25) is 0 Å². The van der Waals surface area contributed by atoms with Crippen LogP contribution in [0.3, 0.4) is 0 Å². The highest BCUT2D eigenvalue weighted by molar-refractivity contribution is 14.0. The van der Waals surface area contributed by atoms with Gasteiger partial charge in [-0.1, -0.05) is 25.3 Å². The lowest BCUT2D eigenvalue weighted by Crippen LogP contribution is -2.42. The maximum absolute atomic E-state index is 6.00. The summed E-state index contributed by atoms with van der Waals surface area (Å²) in [7, 11) is 9.26. The summed E-state index contributed by atoms with van der Waals surface area (Å²) in [6, 6.07) is 6.22. The van der Waals surface area contributed by atoms with Crippen molar-refractivity contribution in [1.29, 1.82) is 0 Å². The number of hydrogen-bond acceptors (Lipinski definition) is 5. The molecule has 8 heteroatoms. The van der Waals surface area contributed by atoms with Gasteiger partial charge >= 0.3 is 0 Å². The lowest BCUT2D eigenvalue weighted by molar-refractivity contribution is 0.0277. The highest BCUT2D eigenvalue weighted by Gasteiger charge is 2.17. The normalized spacial score (nSPS) is 15.9. The Morgan fingerprint density at radius 1 is 1.10 bits per heavy atom. The number of methoxy groups -OCH3 is 2. The zero-order valence-electron chi connectivity index (χ0n) is 19.8. The van der Waals surface area contributed by atoms with Gasteiger partial charge in [0.05, 0.1) is 26.4 Å². The molecule has 2 rings (SSSR count). The monoisotopic (exact) mass is 548 g/mol. The topological polar surface area (TPSA) is 67.4 Å². The highest BCUT2D eigenvalue weighted by atomic mass is 127. The average Bonchev–Trinajstić information content (AvgIpc) is 2.77. The van der Waals surface area contributed by atoms with E-state index in [9.17, 15) is 0 Å². The van der Waals surface area contributed by atoms with Crippen molar-refractivity contribution in [3.05, 3.63) is 23.8 Å². The molecule has 0 bridgehead atoms. The molecule has 0 saturated heterocycles. The van der Waals surface area contributed by atoms with E-state index in [1.165, 1.54) is 32.1 Å². The smallest absolute Gasteiger partial charge is 0.191 e. The van der Waals surface area contributed by atoms with Crippen LogP contribution < -0.4 is 20.1 Å². The molecule has 0 radical (unpaired) electrons. The van der Waals surface area contributed by atoms with Crippen LogP contribution in [0, 0.1) is 0 Å². The van der Waals surface area contributed by atoms with Crippen LogP contribution in [-0.2, 0) is 4.74 Å². The van der Waals surface area contributed by atoms with E-state index in [1.54, 1.807) is 21.3 Å². The van der Waals surface area contributed by atoms with Crippen molar-refractivity contribution in [3.8, 4) is 11.5 Å². The molecule has 1 atom stereocenters. The molecule has 1 aliphatic carbocycles. The summed E-state index contributed by atoms with van der Waals surface area (Å²) in [5, 5.41) is 6.83. The average molecular weight is 549 g/mol. The Morgan fingerprint density at radius 3 is 2.42 bits per heavy atom. The second-order valence-corrected chi connectivity index (χ2v) is 7.96. The first-order valence-corrected chi connectivity index (χ1v) is 11.0. The van der Waals surface area contributed by atoms with Crippen LogP contribution in [0.5, 0.6) is 11.5 Å². The predicted octanol–water partition coefficient (Wildman–Crippen LogP) is 3.83. The van der Waals surface area contributed by atoms with Gasteiger partial charge in [-0.3, -0.25) is 4.99 Å². The van der Waals surface area contributed by atoms with E-state index in [-0.39, 0.29) is 30.0 Å². The zero-order valence-corrected chi connectivity index (χ0v) is 22.1. The number of hydrogen-bond donors (Lipinski definition) is 2. The van der Waals surface area contributed by atoms with Crippen LogP contribution in [0.1, 0.15) is 50.1 Å². The molecule has 1 aliphatic rings. The molecule has 1 saturated carbocycles. The minimum Gasteiger partial charge on any atom is -0.493 e. The summed E-state index contributed by atoms with van der Waals surface area (Å²) in [4.78, 5) is 6.53. The molecule has 0 heterocycles. The molecular weight excluding hydrogens is 507 g/mol. The van der Waals surface area contributed by atoms with Crippen LogP contribution in [0.25, 0.3) is 0 Å². The lowest BCUT2D eigenvalue weighted by atomic mass is 9.98. The standard InChI is InChI=1S/C23H40N4O3.HI/c1-24-23(25-14-9-15-30-19-10-7-6-8-11-19)26-17-20(27(2)3)18-12-13-21(28-4)22(16-18)29-5;/h12-13,16,19-20H,6-11,14-15,17H2,1-5H3,(H2,24,25,26);1H. The zero-order chi connectivity index (χ0) is 21.8. The largest absolute Gasteiger partial charge is 0.493 e. The van der Waals surface area contributed by atoms with Crippen molar-refractivity contribution in [3.63, 3.8) is 0 Å². The Morgan fingerprint density at radius 2 is 1.81 bits per heavy atom. The maximum Gasteiger partial charge on any atom is 0.191 e. The number of nitrogens with one attached hydrogen (secondary N) is 2. The molecular formula is C23H41IN4O3. The summed E-state index contributed by atoms with van der Waals surface area (Å²) in [5.74, 6) is 2.28. The first-order chi connectivity index (χ1) is 14.6. The van der Waals surface area contributed by atoms with E-state index in [1.807, 2.05) is 12.1 Å². The summed E-state index contributed by atoms with van der Waals surface area (Å²) in [6.07, 6.45) is 7.87. The van der Waals surface area contributed by atoms with Crippen LogP contribution in [0.4, 0.5) is 0 Å². The van der Waals surface area contributed by atoms with Crippen LogP contribution in [0.2, 0.25) is 0 Å². The molecule has 1 aromatic carbocycles. The van der Waals surface area contributed by atoms with Crippen LogP contribution in [-0.4, -0.2) is 72.0 Å². The van der Waals surface area contributed by atoms with E-state index in [4.69, 9.17) is 14.2 Å². The summed E-state index contributed by atoms with van der Waals surface area (Å²) in [6.45, 7) is 2.37. The Hall–Kier alpha value is -1.26. The molecule has 178 valence electrons. The Balaban J connectivity index is 0.00000480. The Bertz CT molecular complexity index is 652. The van der Waals surface area contributed by atoms with Crippen molar-refractivity contribution >= 4 is 29.9 Å². The molecule has 0 amide bonds. The fourth-order valence-corrected chi connectivity index (χ4v) is 3.83. The van der Waals surface area contributed by atoms with Crippen LogP contribution in [0.15, 0.2) is 23.2 Å². The van der Waals surface area contributed by atoms with Gasteiger partial charge in [0.25, 0.3) is 0 Å². The van der Waals surface area contributed by atoms with Gasteiger partial charge in [-0.15, -0.1) is 24.0 Å². The number of benzene rings is 1. The van der Waals surface area contributed by atoms with Gasteiger partial charge in [-0.05, 0) is 51.1 Å². The highest BCUT2D eigenvalue weighted by Crippen LogP contribution is 2.31. The van der Waals surface area contributed by atoms with E-state index in [0.29, 0.717) is 6.10 Å². The lowest BCUT2D eigenvalue weighted by Gasteiger charge is -2.26. The fraction of sp³-hybridized carbons (Fsp3) is 0.696. The quantitative estimate of drug-likeness (QED) is 0.190. The Labute approximate surface area is 205 Å². The third-order valence-electron chi connectivity index (χ3n) is 5.62. The van der Waals surface area contributed by atoms with Gasteiger partial charge in [-0.25, -0.2) is 0 Å². The van der Waals surface area contributed by atoms with E-state index in [2.05, 4.69) is 40.7 Å². The van der Waals surface area contributed by atoms with Gasteiger partial charge in [0.15, 0.2) is 17.5 Å². The number of rotatable bonds is 11. The second kappa shape index (κ2) is 15.5. The molecule has 7 nitrogen and oxygen atoms in total. The van der Waals surface area contributed by atoms with E-state index in [0.717, 1.165) is 49.1 Å². The maximum atomic E-state index is 6.00. The van der Waals surface area contributed by atoms with Gasteiger partial charge in [-0.2, -0.15) is 0 Å². The predicted molar refractivity (Wildman–Crippen MR) is 138 cm³/mol. The molecule has 1 unspecified atom stereocenters. The molecule has 0 aromatic heterocycles. The second-order valence-electron chi connectivity index (χ2n) is 7.96. The molecule has 1 fully saturated rings. The summed E-state index contributed by atoms with van der Waals surface area (Å²) >= 11 is 0. The first-order valence-electron chi connectivity index (χ1n) is 11.0. The van der Waals surface area contributed by atoms with Crippen molar-refractivity contribution in [1.82, 2.24) is 15.5 Å². The SMILES string of the molecule is CN=C(NCCCOC1CCCCC1)NCC(c1ccc(OC)c(OC)c1)N(C)C.I. The Kier molecular flexibility index (Phi) is 13.9.